The second kappa shape index (κ2) is 5.03. The molecule has 1 N–H and O–H groups in total. The van der Waals surface area contributed by atoms with Crippen molar-refractivity contribution in [1.82, 2.24) is 10.2 Å². The number of carbonyl (C=O) groups is 1. The van der Waals surface area contributed by atoms with Crippen molar-refractivity contribution < 1.29 is 13.9 Å². The maximum Gasteiger partial charge on any atom is 0.318 e. The van der Waals surface area contributed by atoms with Gasteiger partial charge in [-0.1, -0.05) is 0 Å². The van der Waals surface area contributed by atoms with Crippen LogP contribution in [0.2, 0.25) is 0 Å². The largest absolute Gasteiger partial charge is 0.381 e. The monoisotopic (exact) mass is 256 g/mol. The first-order chi connectivity index (χ1) is 8.74. The summed E-state index contributed by atoms with van der Waals surface area (Å²) in [4.78, 5) is 14.2. The van der Waals surface area contributed by atoms with Crippen molar-refractivity contribution in [3.05, 3.63) is 0 Å². The molecular formula is C13H21FN2O2. The summed E-state index contributed by atoms with van der Waals surface area (Å²) in [5.41, 5.74) is 0. The fourth-order valence-electron chi connectivity index (χ4n) is 3.53. The third-order valence-corrected chi connectivity index (χ3v) is 4.46. The first-order valence-electron chi connectivity index (χ1n) is 7.04. The third kappa shape index (κ3) is 2.32. The first kappa shape index (κ1) is 12.2. The van der Waals surface area contributed by atoms with E-state index in [4.69, 9.17) is 4.74 Å². The predicted octanol–water partition coefficient (Wildman–Crippen LogP) is 1.84. The van der Waals surface area contributed by atoms with Crippen LogP contribution in [-0.2, 0) is 4.74 Å². The van der Waals surface area contributed by atoms with Crippen LogP contribution in [0.15, 0.2) is 0 Å². The average molecular weight is 256 g/mol. The Kier molecular flexibility index (Phi) is 3.41. The van der Waals surface area contributed by atoms with Crippen LogP contribution in [0, 0.1) is 0 Å². The molecule has 102 valence electrons. The second-order valence-corrected chi connectivity index (χ2v) is 5.70. The molecule has 0 radical (unpaired) electrons. The van der Waals surface area contributed by atoms with Crippen LogP contribution in [0.1, 0.15) is 38.5 Å². The Balaban J connectivity index is 1.59. The zero-order chi connectivity index (χ0) is 12.5. The number of rotatable bonds is 1. The van der Waals surface area contributed by atoms with Crippen molar-refractivity contribution in [1.29, 1.82) is 0 Å². The Bertz CT molecular complexity index is 306. The summed E-state index contributed by atoms with van der Waals surface area (Å²) in [6, 6.07) is 0.493. The molecule has 0 spiro atoms. The molecule has 0 saturated carbocycles. The Labute approximate surface area is 107 Å². The normalized spacial score (nSPS) is 36.7. The Morgan fingerprint density at radius 3 is 2.33 bits per heavy atom. The number of hydrogen-bond acceptors (Lipinski definition) is 2. The maximum absolute atomic E-state index is 13.4. The highest BCUT2D eigenvalue weighted by molar-refractivity contribution is 5.75. The smallest absolute Gasteiger partial charge is 0.318 e. The van der Waals surface area contributed by atoms with Gasteiger partial charge >= 0.3 is 6.03 Å². The van der Waals surface area contributed by atoms with E-state index in [-0.39, 0.29) is 24.2 Å². The van der Waals surface area contributed by atoms with Gasteiger partial charge in [0.1, 0.15) is 6.17 Å². The van der Waals surface area contributed by atoms with Gasteiger partial charge in [-0.05, 0) is 38.5 Å². The minimum absolute atomic E-state index is 0.0151. The van der Waals surface area contributed by atoms with E-state index in [1.54, 1.807) is 0 Å². The Morgan fingerprint density at radius 2 is 1.72 bits per heavy atom. The number of nitrogens with one attached hydrogen (secondary N) is 1. The molecule has 0 aromatic carbocycles. The van der Waals surface area contributed by atoms with E-state index < -0.39 is 6.17 Å². The van der Waals surface area contributed by atoms with Crippen LogP contribution in [-0.4, -0.2) is 48.4 Å². The molecule has 4 nitrogen and oxygen atoms in total. The molecule has 3 rings (SSSR count). The van der Waals surface area contributed by atoms with Crippen molar-refractivity contribution in [2.45, 2.75) is 62.8 Å². The van der Waals surface area contributed by atoms with Gasteiger partial charge in [-0.15, -0.1) is 0 Å². The molecule has 18 heavy (non-hydrogen) atoms. The summed E-state index contributed by atoms with van der Waals surface area (Å²) in [6.45, 7) is 1.45. The highest BCUT2D eigenvalue weighted by Gasteiger charge is 2.43. The molecule has 3 heterocycles. The lowest BCUT2D eigenvalue weighted by molar-refractivity contribution is 0.0708. The lowest BCUT2D eigenvalue weighted by Crippen LogP contribution is -2.54. The van der Waals surface area contributed by atoms with E-state index >= 15 is 0 Å². The third-order valence-electron chi connectivity index (χ3n) is 4.46. The number of fused-ring (bicyclic) bond motifs is 2. The van der Waals surface area contributed by atoms with Gasteiger partial charge < -0.3 is 15.0 Å². The summed E-state index contributed by atoms with van der Waals surface area (Å²) in [7, 11) is 0. The molecule has 2 bridgehead atoms. The molecule has 0 aliphatic carbocycles. The van der Waals surface area contributed by atoms with E-state index in [2.05, 4.69) is 5.32 Å². The van der Waals surface area contributed by atoms with Crippen molar-refractivity contribution in [3.8, 4) is 0 Å². The zero-order valence-electron chi connectivity index (χ0n) is 10.6. The second-order valence-electron chi connectivity index (χ2n) is 5.70. The average Bonchev–Trinajstić information content (AvgIpc) is 2.63. The summed E-state index contributed by atoms with van der Waals surface area (Å²) in [5, 5.41) is 3.09. The lowest BCUT2D eigenvalue weighted by Gasteiger charge is -2.37. The highest BCUT2D eigenvalue weighted by Crippen LogP contribution is 2.36. The highest BCUT2D eigenvalue weighted by atomic mass is 19.1. The van der Waals surface area contributed by atoms with Crippen molar-refractivity contribution >= 4 is 6.03 Å². The van der Waals surface area contributed by atoms with Crippen LogP contribution < -0.4 is 5.32 Å². The minimum atomic E-state index is -0.713. The van der Waals surface area contributed by atoms with Crippen LogP contribution in [0.5, 0.6) is 0 Å². The van der Waals surface area contributed by atoms with Gasteiger partial charge in [0.2, 0.25) is 0 Å². The maximum atomic E-state index is 13.4. The first-order valence-corrected chi connectivity index (χ1v) is 7.04. The number of nitrogens with zero attached hydrogens (tertiary/aromatic N) is 1. The van der Waals surface area contributed by atoms with Gasteiger partial charge in [0, 0.05) is 31.3 Å². The summed E-state index contributed by atoms with van der Waals surface area (Å²) in [6.07, 6.45) is 4.05. The van der Waals surface area contributed by atoms with E-state index in [0.29, 0.717) is 12.8 Å². The number of hydrogen-bond donors (Lipinski definition) is 1. The molecule has 0 aromatic heterocycles. The molecule has 0 aromatic rings. The molecule has 3 fully saturated rings. The van der Waals surface area contributed by atoms with E-state index in [1.807, 2.05) is 4.90 Å². The van der Waals surface area contributed by atoms with Crippen LogP contribution in [0.25, 0.3) is 0 Å². The standard InChI is InChI=1S/C13H21FN2O2/c14-9-7-11-1-2-12(8-9)16(11)13(17)15-10-3-5-18-6-4-10/h9-12H,1-8H2,(H,15,17). The van der Waals surface area contributed by atoms with Crippen LogP contribution in [0.3, 0.4) is 0 Å². The molecule has 3 aliphatic heterocycles. The lowest BCUT2D eigenvalue weighted by atomic mass is 10.0. The molecule has 2 unspecified atom stereocenters. The van der Waals surface area contributed by atoms with Crippen LogP contribution in [0.4, 0.5) is 9.18 Å². The minimum Gasteiger partial charge on any atom is -0.381 e. The summed E-state index contributed by atoms with van der Waals surface area (Å²) in [5.74, 6) is 0. The molecular weight excluding hydrogens is 235 g/mol. The van der Waals surface area contributed by atoms with Crippen LogP contribution >= 0.6 is 0 Å². The van der Waals surface area contributed by atoms with Gasteiger partial charge in [0.15, 0.2) is 0 Å². The molecule has 2 atom stereocenters. The number of alkyl halides is 1. The number of ether oxygens (including phenoxy) is 1. The SMILES string of the molecule is O=C(NC1CCOCC1)N1C2CCC1CC(F)C2. The molecule has 2 amide bonds. The fourth-order valence-corrected chi connectivity index (χ4v) is 3.53. The van der Waals surface area contributed by atoms with E-state index in [1.165, 1.54) is 0 Å². The van der Waals surface area contributed by atoms with E-state index in [0.717, 1.165) is 38.9 Å². The summed E-state index contributed by atoms with van der Waals surface area (Å²) >= 11 is 0. The number of halogens is 1. The van der Waals surface area contributed by atoms with Gasteiger partial charge in [-0.3, -0.25) is 0 Å². The molecule has 3 aliphatic rings. The van der Waals surface area contributed by atoms with E-state index in [9.17, 15) is 9.18 Å². The number of carbonyl (C=O) groups excluding carboxylic acids is 1. The van der Waals surface area contributed by atoms with Gasteiger partial charge in [-0.2, -0.15) is 0 Å². The Morgan fingerprint density at radius 1 is 1.11 bits per heavy atom. The zero-order valence-corrected chi connectivity index (χ0v) is 10.6. The summed E-state index contributed by atoms with van der Waals surface area (Å²) < 4.78 is 18.7. The van der Waals surface area contributed by atoms with Crippen molar-refractivity contribution in [3.63, 3.8) is 0 Å². The quantitative estimate of drug-likeness (QED) is 0.778. The number of urea groups is 1. The molecule has 5 heteroatoms. The van der Waals surface area contributed by atoms with Crippen molar-refractivity contribution in [2.75, 3.05) is 13.2 Å². The Hall–Kier alpha value is -0.840. The van der Waals surface area contributed by atoms with Gasteiger partial charge in [0.05, 0.1) is 0 Å². The number of piperidine rings is 1. The predicted molar refractivity (Wildman–Crippen MR) is 65.2 cm³/mol. The fraction of sp³-hybridized carbons (Fsp3) is 0.923. The van der Waals surface area contributed by atoms with Crippen molar-refractivity contribution in [2.24, 2.45) is 0 Å². The molecule has 3 saturated heterocycles. The van der Waals surface area contributed by atoms with Gasteiger partial charge in [0.25, 0.3) is 0 Å². The van der Waals surface area contributed by atoms with Gasteiger partial charge in [-0.25, -0.2) is 9.18 Å². The topological polar surface area (TPSA) is 41.6 Å². The number of amides is 2.